The monoisotopic (exact) mass is 351 g/mol. The van der Waals surface area contributed by atoms with Gasteiger partial charge in [-0.2, -0.15) is 13.2 Å². The molecule has 0 saturated carbocycles. The Morgan fingerprint density at radius 3 is 2.42 bits per heavy atom. The highest BCUT2D eigenvalue weighted by Gasteiger charge is 2.31. The van der Waals surface area contributed by atoms with Crippen molar-refractivity contribution in [2.45, 2.75) is 20.0 Å². The lowest BCUT2D eigenvalue weighted by Crippen LogP contribution is -2.06. The molecule has 2 heterocycles. The number of thiophene rings is 1. The third-order valence-corrected chi connectivity index (χ3v) is 4.65. The molecule has 7 heteroatoms. The summed E-state index contributed by atoms with van der Waals surface area (Å²) in [5.74, 6) is -1.28. The number of carboxylic acid groups (broad SMARTS) is 1. The number of fused-ring (bicyclic) bond motifs is 1. The first kappa shape index (κ1) is 16.4. The van der Waals surface area contributed by atoms with Gasteiger partial charge in [0.15, 0.2) is 0 Å². The molecule has 3 rings (SSSR count). The maximum absolute atomic E-state index is 12.9. The van der Waals surface area contributed by atoms with Crippen LogP contribution in [0.3, 0.4) is 0 Å². The van der Waals surface area contributed by atoms with Crippen molar-refractivity contribution in [3.05, 3.63) is 51.2 Å². The van der Waals surface area contributed by atoms with Gasteiger partial charge in [0.05, 0.1) is 22.3 Å². The molecule has 0 aliphatic rings. The van der Waals surface area contributed by atoms with Gasteiger partial charge in [0.25, 0.3) is 0 Å². The third-order valence-electron chi connectivity index (χ3n) is 3.68. The molecule has 0 atom stereocenters. The SMILES string of the molecule is Cc1cc(-c2cc(C(=O)O)c3cc(C(F)(F)F)ccc3n2)c(C)s1. The molecule has 0 bridgehead atoms. The van der Waals surface area contributed by atoms with Gasteiger partial charge in [0.2, 0.25) is 0 Å². The highest BCUT2D eigenvalue weighted by Crippen LogP contribution is 2.35. The maximum atomic E-state index is 12.9. The minimum absolute atomic E-state index is 0.0225. The van der Waals surface area contributed by atoms with Crippen LogP contribution in [0.15, 0.2) is 30.3 Å². The summed E-state index contributed by atoms with van der Waals surface area (Å²) in [6.07, 6.45) is -4.54. The van der Waals surface area contributed by atoms with Crippen LogP contribution in [0.2, 0.25) is 0 Å². The highest BCUT2D eigenvalue weighted by atomic mass is 32.1. The summed E-state index contributed by atoms with van der Waals surface area (Å²) >= 11 is 1.55. The van der Waals surface area contributed by atoms with Crippen LogP contribution in [0.25, 0.3) is 22.2 Å². The summed E-state index contributed by atoms with van der Waals surface area (Å²) in [6.45, 7) is 3.82. The normalized spacial score (nSPS) is 11.9. The molecule has 0 fully saturated rings. The predicted molar refractivity (Wildman–Crippen MR) is 86.5 cm³/mol. The van der Waals surface area contributed by atoms with Crippen molar-refractivity contribution in [3.8, 4) is 11.3 Å². The lowest BCUT2D eigenvalue weighted by molar-refractivity contribution is -0.137. The van der Waals surface area contributed by atoms with Gasteiger partial charge in [0.1, 0.15) is 0 Å². The van der Waals surface area contributed by atoms with E-state index < -0.39 is 17.7 Å². The number of aromatic nitrogens is 1. The average Bonchev–Trinajstić information content (AvgIpc) is 2.83. The van der Waals surface area contributed by atoms with Crippen molar-refractivity contribution in [3.63, 3.8) is 0 Å². The number of alkyl halides is 3. The molecule has 24 heavy (non-hydrogen) atoms. The van der Waals surface area contributed by atoms with Crippen molar-refractivity contribution in [1.29, 1.82) is 0 Å². The Labute approximate surface area is 139 Å². The Hall–Kier alpha value is -2.41. The van der Waals surface area contributed by atoms with Gasteiger partial charge in [-0.15, -0.1) is 11.3 Å². The van der Waals surface area contributed by atoms with E-state index in [2.05, 4.69) is 4.98 Å². The van der Waals surface area contributed by atoms with Crippen molar-refractivity contribution < 1.29 is 23.1 Å². The van der Waals surface area contributed by atoms with E-state index in [4.69, 9.17) is 0 Å². The Morgan fingerprint density at radius 2 is 1.88 bits per heavy atom. The van der Waals surface area contributed by atoms with Crippen molar-refractivity contribution in [2.75, 3.05) is 0 Å². The van der Waals surface area contributed by atoms with Gasteiger partial charge in [-0.25, -0.2) is 9.78 Å². The van der Waals surface area contributed by atoms with Crippen LogP contribution < -0.4 is 0 Å². The first-order chi connectivity index (χ1) is 11.2. The molecular weight excluding hydrogens is 339 g/mol. The quantitative estimate of drug-likeness (QED) is 0.682. The van der Waals surface area contributed by atoms with Crippen LogP contribution in [0.5, 0.6) is 0 Å². The van der Waals surface area contributed by atoms with E-state index in [9.17, 15) is 23.1 Å². The minimum atomic E-state index is -4.54. The van der Waals surface area contributed by atoms with Crippen LogP contribution in [-0.2, 0) is 6.18 Å². The van der Waals surface area contributed by atoms with E-state index in [1.807, 2.05) is 19.9 Å². The van der Waals surface area contributed by atoms with Crippen LogP contribution in [-0.4, -0.2) is 16.1 Å². The number of aryl methyl sites for hydroxylation is 2. The Balaban J connectivity index is 2.30. The zero-order chi connectivity index (χ0) is 17.6. The first-order valence-electron chi connectivity index (χ1n) is 6.99. The fourth-order valence-corrected chi connectivity index (χ4v) is 3.54. The summed E-state index contributed by atoms with van der Waals surface area (Å²) < 4.78 is 38.6. The Morgan fingerprint density at radius 1 is 1.17 bits per heavy atom. The van der Waals surface area contributed by atoms with Crippen LogP contribution >= 0.6 is 11.3 Å². The minimum Gasteiger partial charge on any atom is -0.478 e. The average molecular weight is 351 g/mol. The number of aromatic carboxylic acids is 1. The molecular formula is C17H12F3NO2S. The smallest absolute Gasteiger partial charge is 0.416 e. The number of carboxylic acids is 1. The second-order valence-electron chi connectivity index (χ2n) is 5.42. The van der Waals surface area contributed by atoms with E-state index in [0.717, 1.165) is 27.5 Å². The first-order valence-corrected chi connectivity index (χ1v) is 7.81. The zero-order valence-electron chi connectivity index (χ0n) is 12.7. The van der Waals surface area contributed by atoms with Gasteiger partial charge < -0.3 is 5.11 Å². The molecule has 124 valence electrons. The second-order valence-corrected chi connectivity index (χ2v) is 6.88. The molecule has 0 unspecified atom stereocenters. The molecule has 0 aliphatic heterocycles. The maximum Gasteiger partial charge on any atom is 0.416 e. The Kier molecular flexibility index (Phi) is 3.83. The number of hydrogen-bond acceptors (Lipinski definition) is 3. The summed E-state index contributed by atoms with van der Waals surface area (Å²) in [5.41, 5.74) is 0.378. The van der Waals surface area contributed by atoms with Crippen molar-refractivity contribution in [1.82, 2.24) is 4.98 Å². The summed E-state index contributed by atoms with van der Waals surface area (Å²) in [5, 5.41) is 9.39. The van der Waals surface area contributed by atoms with E-state index in [-0.39, 0.29) is 16.5 Å². The molecule has 1 aromatic carbocycles. The third kappa shape index (κ3) is 2.87. The molecule has 3 aromatic rings. The fourth-order valence-electron chi connectivity index (χ4n) is 2.60. The van der Waals surface area contributed by atoms with Crippen LogP contribution in [0, 0.1) is 13.8 Å². The molecule has 2 aromatic heterocycles. The largest absolute Gasteiger partial charge is 0.478 e. The van der Waals surface area contributed by atoms with E-state index in [1.165, 1.54) is 12.1 Å². The number of carbonyl (C=O) groups is 1. The van der Waals surface area contributed by atoms with E-state index >= 15 is 0 Å². The predicted octanol–water partition coefficient (Wildman–Crippen LogP) is 5.30. The topological polar surface area (TPSA) is 50.2 Å². The lowest BCUT2D eigenvalue weighted by atomic mass is 10.0. The number of halogens is 3. The molecule has 0 amide bonds. The van der Waals surface area contributed by atoms with Gasteiger partial charge in [-0.1, -0.05) is 0 Å². The number of pyridine rings is 1. The Bertz CT molecular complexity index is 960. The summed E-state index contributed by atoms with van der Waals surface area (Å²) in [6, 6.07) is 6.18. The van der Waals surface area contributed by atoms with E-state index in [0.29, 0.717) is 5.69 Å². The van der Waals surface area contributed by atoms with Crippen molar-refractivity contribution in [2.24, 2.45) is 0 Å². The summed E-state index contributed by atoms with van der Waals surface area (Å²) in [4.78, 5) is 17.9. The number of nitrogens with zero attached hydrogens (tertiary/aromatic N) is 1. The van der Waals surface area contributed by atoms with E-state index in [1.54, 1.807) is 11.3 Å². The highest BCUT2D eigenvalue weighted by molar-refractivity contribution is 7.12. The van der Waals surface area contributed by atoms with Crippen molar-refractivity contribution >= 4 is 28.2 Å². The van der Waals surface area contributed by atoms with Gasteiger partial charge >= 0.3 is 12.1 Å². The molecule has 1 N–H and O–H groups in total. The van der Waals surface area contributed by atoms with Crippen LogP contribution in [0.4, 0.5) is 13.2 Å². The standard InChI is InChI=1S/C17H12F3NO2S/c1-8-5-11(9(2)24-8)15-7-13(16(22)23)12-6-10(17(18,19)20)3-4-14(12)21-15/h3-7H,1-2H3,(H,22,23). The second kappa shape index (κ2) is 5.59. The molecule has 0 saturated heterocycles. The zero-order valence-corrected chi connectivity index (χ0v) is 13.5. The van der Waals surface area contributed by atoms with Gasteiger partial charge in [-0.05, 0) is 44.2 Å². The molecule has 0 radical (unpaired) electrons. The van der Waals surface area contributed by atoms with Crippen LogP contribution in [0.1, 0.15) is 25.7 Å². The molecule has 0 aliphatic carbocycles. The van der Waals surface area contributed by atoms with Gasteiger partial charge in [-0.3, -0.25) is 0 Å². The fraction of sp³-hybridized carbons (Fsp3) is 0.176. The number of hydrogen-bond donors (Lipinski definition) is 1. The molecule has 3 nitrogen and oxygen atoms in total. The number of benzene rings is 1. The lowest BCUT2D eigenvalue weighted by Gasteiger charge is -2.10. The summed E-state index contributed by atoms with van der Waals surface area (Å²) in [7, 11) is 0. The number of rotatable bonds is 2. The van der Waals surface area contributed by atoms with Gasteiger partial charge in [0, 0.05) is 20.7 Å². The molecule has 0 spiro atoms.